The summed E-state index contributed by atoms with van der Waals surface area (Å²) in [5.74, 6) is 7.63. The Labute approximate surface area is 162 Å². The summed E-state index contributed by atoms with van der Waals surface area (Å²) >= 11 is 0. The summed E-state index contributed by atoms with van der Waals surface area (Å²) in [7, 11) is 5.18. The molecule has 4 nitrogen and oxygen atoms in total. The number of fused-ring (bicyclic) bond motifs is 2. The van der Waals surface area contributed by atoms with Crippen LogP contribution >= 0.6 is 0 Å². The highest BCUT2D eigenvalue weighted by atomic mass is 16.5. The van der Waals surface area contributed by atoms with Crippen LogP contribution in [-0.4, -0.2) is 18.8 Å². The molecule has 0 atom stereocenters. The van der Waals surface area contributed by atoms with Crippen LogP contribution in [-0.2, 0) is 7.05 Å². The number of hydrogen-bond donors (Lipinski definition) is 0. The van der Waals surface area contributed by atoms with Crippen molar-refractivity contribution in [2.24, 2.45) is 7.05 Å². The molecule has 0 saturated carbocycles. The lowest BCUT2D eigenvalue weighted by molar-refractivity contribution is 0.394. The average molecular weight is 369 g/mol. The monoisotopic (exact) mass is 369 g/mol. The quantitative estimate of drug-likeness (QED) is 0.394. The molecular weight excluding hydrogens is 350 g/mol. The Bertz CT molecular complexity index is 1300. The van der Waals surface area contributed by atoms with E-state index in [0.29, 0.717) is 22.3 Å². The number of pyridine rings is 1. The molecule has 1 aromatic heterocycles. The number of hydrogen-bond acceptors (Lipinski definition) is 3. The summed E-state index contributed by atoms with van der Waals surface area (Å²) in [6.45, 7) is 0. The standard InChI is InChI=1S/C24H19NO3/c1-25-22-7-5-4-6-20(22)24(26)21-14-16(10-11-23(21)25)8-9-17-12-18(27-2)15-19(13-17)28-3/h4-7,10-15H,1-3H3. The molecule has 0 aliphatic carbocycles. The first-order valence-electron chi connectivity index (χ1n) is 8.87. The molecule has 0 radical (unpaired) electrons. The van der Waals surface area contributed by atoms with E-state index in [0.717, 1.165) is 22.2 Å². The van der Waals surface area contributed by atoms with Crippen molar-refractivity contribution in [3.8, 4) is 23.3 Å². The van der Waals surface area contributed by atoms with Crippen molar-refractivity contribution in [3.63, 3.8) is 0 Å². The molecule has 4 heteroatoms. The van der Waals surface area contributed by atoms with E-state index >= 15 is 0 Å². The molecule has 138 valence electrons. The number of nitrogens with zero attached hydrogens (tertiary/aromatic N) is 1. The Hall–Kier alpha value is -3.71. The third-order valence-corrected chi connectivity index (χ3v) is 4.82. The van der Waals surface area contributed by atoms with Gasteiger partial charge < -0.3 is 14.0 Å². The van der Waals surface area contributed by atoms with Crippen molar-refractivity contribution >= 4 is 21.8 Å². The molecule has 0 bridgehead atoms. The zero-order valence-electron chi connectivity index (χ0n) is 15.9. The Balaban J connectivity index is 1.84. The minimum absolute atomic E-state index is 0.0235. The van der Waals surface area contributed by atoms with E-state index in [9.17, 15) is 4.79 Å². The first kappa shape index (κ1) is 17.7. The number of ether oxygens (including phenoxy) is 2. The van der Waals surface area contributed by atoms with E-state index in [-0.39, 0.29) is 5.43 Å². The van der Waals surface area contributed by atoms with Gasteiger partial charge in [0.2, 0.25) is 0 Å². The van der Waals surface area contributed by atoms with E-state index < -0.39 is 0 Å². The third kappa shape index (κ3) is 3.08. The number of aryl methyl sites for hydroxylation is 1. The van der Waals surface area contributed by atoms with E-state index in [2.05, 4.69) is 11.8 Å². The first-order chi connectivity index (χ1) is 13.6. The van der Waals surface area contributed by atoms with Crippen LogP contribution < -0.4 is 14.9 Å². The number of methoxy groups -OCH3 is 2. The van der Waals surface area contributed by atoms with Gasteiger partial charge in [0.1, 0.15) is 11.5 Å². The normalized spacial score (nSPS) is 10.5. The van der Waals surface area contributed by atoms with Crippen molar-refractivity contribution in [1.82, 2.24) is 4.57 Å². The fourth-order valence-electron chi connectivity index (χ4n) is 3.35. The number of aromatic nitrogens is 1. The lowest BCUT2D eigenvalue weighted by atomic mass is 10.1. The van der Waals surface area contributed by atoms with E-state index in [1.165, 1.54) is 0 Å². The van der Waals surface area contributed by atoms with Gasteiger partial charge in [-0.25, -0.2) is 0 Å². The molecule has 1 heterocycles. The summed E-state index contributed by atoms with van der Waals surface area (Å²) in [5.41, 5.74) is 3.39. The maximum Gasteiger partial charge on any atom is 0.197 e. The fraction of sp³-hybridized carbons (Fsp3) is 0.125. The summed E-state index contributed by atoms with van der Waals surface area (Å²) in [6, 6.07) is 18.9. The Morgan fingerprint density at radius 2 is 1.39 bits per heavy atom. The van der Waals surface area contributed by atoms with Crippen molar-refractivity contribution in [2.75, 3.05) is 14.2 Å². The van der Waals surface area contributed by atoms with Crippen LogP contribution in [0.4, 0.5) is 0 Å². The van der Waals surface area contributed by atoms with Gasteiger partial charge in [0.05, 0.1) is 25.3 Å². The van der Waals surface area contributed by atoms with Crippen molar-refractivity contribution < 1.29 is 9.47 Å². The smallest absolute Gasteiger partial charge is 0.197 e. The zero-order valence-corrected chi connectivity index (χ0v) is 15.9. The van der Waals surface area contributed by atoms with Gasteiger partial charge in [0, 0.05) is 35.0 Å². The summed E-state index contributed by atoms with van der Waals surface area (Å²) in [5, 5.41) is 1.37. The molecule has 0 N–H and O–H groups in total. The molecule has 0 amide bonds. The molecule has 0 aliphatic heterocycles. The average Bonchev–Trinajstić information content (AvgIpc) is 2.75. The SMILES string of the molecule is COc1cc(C#Cc2ccc3c(c2)c(=O)c2ccccc2n3C)cc(OC)c1. The lowest BCUT2D eigenvalue weighted by Gasteiger charge is -2.10. The predicted molar refractivity (Wildman–Crippen MR) is 112 cm³/mol. The second kappa shape index (κ2) is 7.13. The van der Waals surface area contributed by atoms with Gasteiger partial charge in [0.15, 0.2) is 5.43 Å². The first-order valence-corrected chi connectivity index (χ1v) is 8.87. The van der Waals surface area contributed by atoms with E-state index in [1.807, 2.05) is 66.2 Å². The van der Waals surface area contributed by atoms with Crippen molar-refractivity contribution in [2.45, 2.75) is 0 Å². The van der Waals surface area contributed by atoms with Gasteiger partial charge in [-0.1, -0.05) is 24.0 Å². The number of para-hydroxylation sites is 1. The molecule has 0 aliphatic rings. The van der Waals surface area contributed by atoms with Crippen LogP contribution in [0.25, 0.3) is 21.8 Å². The third-order valence-electron chi connectivity index (χ3n) is 4.82. The summed E-state index contributed by atoms with van der Waals surface area (Å²) < 4.78 is 12.6. The zero-order chi connectivity index (χ0) is 19.7. The van der Waals surface area contributed by atoms with Crippen LogP contribution in [0.15, 0.2) is 65.5 Å². The van der Waals surface area contributed by atoms with Gasteiger partial charge in [-0.3, -0.25) is 4.79 Å². The van der Waals surface area contributed by atoms with Crippen molar-refractivity contribution in [1.29, 1.82) is 0 Å². The Morgan fingerprint density at radius 1 is 0.750 bits per heavy atom. The fourth-order valence-corrected chi connectivity index (χ4v) is 3.35. The molecule has 3 aromatic carbocycles. The van der Waals surface area contributed by atoms with Crippen molar-refractivity contribution in [3.05, 3.63) is 82.0 Å². The van der Waals surface area contributed by atoms with Crippen LogP contribution in [0.2, 0.25) is 0 Å². The molecule has 28 heavy (non-hydrogen) atoms. The Morgan fingerprint density at radius 3 is 2.11 bits per heavy atom. The van der Waals surface area contributed by atoms with E-state index in [4.69, 9.17) is 9.47 Å². The van der Waals surface area contributed by atoms with E-state index in [1.54, 1.807) is 20.3 Å². The number of rotatable bonds is 2. The van der Waals surface area contributed by atoms with Gasteiger partial charge in [-0.2, -0.15) is 0 Å². The minimum atomic E-state index is 0.0235. The minimum Gasteiger partial charge on any atom is -0.497 e. The molecule has 0 saturated heterocycles. The van der Waals surface area contributed by atoms with Crippen LogP contribution in [0.1, 0.15) is 11.1 Å². The molecule has 4 aromatic rings. The Kier molecular flexibility index (Phi) is 4.50. The van der Waals surface area contributed by atoms with Crippen LogP contribution in [0.3, 0.4) is 0 Å². The summed E-state index contributed by atoms with van der Waals surface area (Å²) in [4.78, 5) is 12.9. The topological polar surface area (TPSA) is 40.5 Å². The second-order valence-corrected chi connectivity index (χ2v) is 6.49. The van der Waals surface area contributed by atoms with Gasteiger partial charge >= 0.3 is 0 Å². The second-order valence-electron chi connectivity index (χ2n) is 6.49. The number of benzene rings is 3. The van der Waals surface area contributed by atoms with Gasteiger partial charge in [0.25, 0.3) is 0 Å². The largest absolute Gasteiger partial charge is 0.497 e. The van der Waals surface area contributed by atoms with Crippen LogP contribution in [0, 0.1) is 11.8 Å². The van der Waals surface area contributed by atoms with Gasteiger partial charge in [-0.15, -0.1) is 0 Å². The maximum absolute atomic E-state index is 12.9. The highest BCUT2D eigenvalue weighted by Crippen LogP contribution is 2.22. The highest BCUT2D eigenvalue weighted by molar-refractivity contribution is 5.93. The molecule has 0 unspecified atom stereocenters. The molecular formula is C24H19NO3. The lowest BCUT2D eigenvalue weighted by Crippen LogP contribution is -2.09. The van der Waals surface area contributed by atoms with Crippen LogP contribution in [0.5, 0.6) is 11.5 Å². The molecule has 0 fully saturated rings. The predicted octanol–water partition coefficient (Wildman–Crippen LogP) is 4.11. The highest BCUT2D eigenvalue weighted by Gasteiger charge is 2.08. The summed E-state index contributed by atoms with van der Waals surface area (Å²) in [6.07, 6.45) is 0. The molecule has 0 spiro atoms. The maximum atomic E-state index is 12.9. The van der Waals surface area contributed by atoms with Gasteiger partial charge in [-0.05, 0) is 42.5 Å². The molecule has 4 rings (SSSR count).